The number of carbonyl (C=O) groups is 1. The highest BCUT2D eigenvalue weighted by Crippen LogP contribution is 2.36. The molecule has 0 aliphatic heterocycles. The zero-order valence-electron chi connectivity index (χ0n) is 8.56. The average Bonchev–Trinajstić information content (AvgIpc) is 2.26. The molecule has 1 rings (SSSR count). The van der Waals surface area contributed by atoms with E-state index in [1.807, 2.05) is 12.1 Å². The highest BCUT2D eigenvalue weighted by Gasteiger charge is 2.04. The van der Waals surface area contributed by atoms with Crippen molar-refractivity contribution in [3.05, 3.63) is 29.8 Å². The van der Waals surface area contributed by atoms with Gasteiger partial charge in [0.2, 0.25) is 0 Å². The van der Waals surface area contributed by atoms with Crippen LogP contribution in [0.5, 0.6) is 5.75 Å². The molecule has 2 nitrogen and oxygen atoms in total. The van der Waals surface area contributed by atoms with Gasteiger partial charge in [0.05, 0.1) is 8.15 Å². The summed E-state index contributed by atoms with van der Waals surface area (Å²) in [7, 11) is -0.335. The van der Waals surface area contributed by atoms with Crippen molar-refractivity contribution in [1.82, 2.24) is 0 Å². The van der Waals surface area contributed by atoms with Crippen molar-refractivity contribution in [2.75, 3.05) is 12.3 Å². The van der Waals surface area contributed by atoms with Gasteiger partial charge in [-0.05, 0) is 24.3 Å². The summed E-state index contributed by atoms with van der Waals surface area (Å²) >= 11 is 0. The molecule has 76 valence electrons. The van der Waals surface area contributed by atoms with Crippen LogP contribution >= 0.6 is 8.15 Å². The van der Waals surface area contributed by atoms with Gasteiger partial charge in [-0.1, -0.05) is 13.8 Å². The Kier molecular flexibility index (Phi) is 4.61. The lowest BCUT2D eigenvalue weighted by molar-refractivity contribution is 0.112. The number of rotatable bonds is 5. The van der Waals surface area contributed by atoms with Crippen LogP contribution in [0, 0.1) is 0 Å². The summed E-state index contributed by atoms with van der Waals surface area (Å²) in [5.41, 5.74) is 0.690. The molecule has 0 amide bonds. The molecule has 0 bridgehead atoms. The number of benzene rings is 1. The number of aldehydes is 1. The van der Waals surface area contributed by atoms with Crippen LogP contribution in [0.25, 0.3) is 0 Å². The maximum atomic E-state index is 10.4. The van der Waals surface area contributed by atoms with Gasteiger partial charge in [0.1, 0.15) is 12.0 Å². The van der Waals surface area contributed by atoms with E-state index in [1.165, 1.54) is 0 Å². The van der Waals surface area contributed by atoms with Crippen molar-refractivity contribution in [2.24, 2.45) is 0 Å². The Hall–Kier alpha value is -0.880. The van der Waals surface area contributed by atoms with Gasteiger partial charge in [0.25, 0.3) is 0 Å². The SMILES string of the molecule is CCP(CC)Oc1ccc(C=O)cc1. The van der Waals surface area contributed by atoms with Gasteiger partial charge in [-0.15, -0.1) is 0 Å². The molecule has 1 aromatic carbocycles. The fraction of sp³-hybridized carbons (Fsp3) is 0.364. The van der Waals surface area contributed by atoms with Crippen LogP contribution in [0.2, 0.25) is 0 Å². The first kappa shape index (κ1) is 11.2. The molecule has 0 radical (unpaired) electrons. The van der Waals surface area contributed by atoms with Crippen LogP contribution in [0.3, 0.4) is 0 Å². The molecule has 3 heteroatoms. The maximum Gasteiger partial charge on any atom is 0.150 e. The zero-order chi connectivity index (χ0) is 10.4. The first-order valence-corrected chi connectivity index (χ1v) is 6.41. The largest absolute Gasteiger partial charge is 0.474 e. The quantitative estimate of drug-likeness (QED) is 0.550. The van der Waals surface area contributed by atoms with Crippen LogP contribution in [0.4, 0.5) is 0 Å². The molecular formula is C11H15O2P. The minimum Gasteiger partial charge on any atom is -0.474 e. The van der Waals surface area contributed by atoms with Crippen molar-refractivity contribution in [3.63, 3.8) is 0 Å². The Morgan fingerprint density at radius 3 is 2.21 bits per heavy atom. The lowest BCUT2D eigenvalue weighted by atomic mass is 10.2. The smallest absolute Gasteiger partial charge is 0.150 e. The van der Waals surface area contributed by atoms with E-state index in [9.17, 15) is 4.79 Å². The predicted octanol–water partition coefficient (Wildman–Crippen LogP) is 3.31. The molecule has 0 saturated heterocycles. The van der Waals surface area contributed by atoms with Crippen LogP contribution in [0.15, 0.2) is 24.3 Å². The van der Waals surface area contributed by atoms with Crippen molar-refractivity contribution < 1.29 is 9.32 Å². The van der Waals surface area contributed by atoms with Crippen molar-refractivity contribution in [2.45, 2.75) is 13.8 Å². The Labute approximate surface area is 86.1 Å². The summed E-state index contributed by atoms with van der Waals surface area (Å²) in [6.07, 6.45) is 2.98. The molecule has 0 aromatic heterocycles. The van der Waals surface area contributed by atoms with E-state index in [4.69, 9.17) is 4.52 Å². The number of hydrogen-bond donors (Lipinski definition) is 0. The lowest BCUT2D eigenvalue weighted by Gasteiger charge is -2.14. The molecule has 0 saturated carbocycles. The first-order valence-electron chi connectivity index (χ1n) is 4.78. The standard InChI is InChI=1S/C11H15O2P/c1-3-14(4-2)13-11-7-5-10(9-12)6-8-11/h5-9H,3-4H2,1-2H3. The third-order valence-electron chi connectivity index (χ3n) is 1.96. The van der Waals surface area contributed by atoms with Crippen LogP contribution in [-0.2, 0) is 0 Å². The Morgan fingerprint density at radius 1 is 1.21 bits per heavy atom. The Bertz CT molecular complexity index is 278. The highest BCUT2D eigenvalue weighted by atomic mass is 31.1. The van der Waals surface area contributed by atoms with Gasteiger partial charge in [-0.2, -0.15) is 0 Å². The summed E-state index contributed by atoms with van der Waals surface area (Å²) in [5, 5.41) is 0. The molecule has 0 fully saturated rings. The van der Waals surface area contributed by atoms with E-state index < -0.39 is 0 Å². The molecule has 1 aromatic rings. The Morgan fingerprint density at radius 2 is 1.79 bits per heavy atom. The molecule has 0 aliphatic rings. The summed E-state index contributed by atoms with van der Waals surface area (Å²) < 4.78 is 5.76. The second kappa shape index (κ2) is 5.77. The summed E-state index contributed by atoms with van der Waals surface area (Å²) in [4.78, 5) is 10.4. The predicted molar refractivity (Wildman–Crippen MR) is 60.5 cm³/mol. The first-order chi connectivity index (χ1) is 6.80. The van der Waals surface area contributed by atoms with E-state index in [1.54, 1.807) is 12.1 Å². The van der Waals surface area contributed by atoms with Gasteiger partial charge in [0.15, 0.2) is 0 Å². The van der Waals surface area contributed by atoms with E-state index in [-0.39, 0.29) is 8.15 Å². The molecule has 0 N–H and O–H groups in total. The van der Waals surface area contributed by atoms with Gasteiger partial charge in [0, 0.05) is 17.9 Å². The fourth-order valence-corrected chi connectivity index (χ4v) is 2.23. The molecular weight excluding hydrogens is 195 g/mol. The zero-order valence-corrected chi connectivity index (χ0v) is 9.46. The molecule has 0 spiro atoms. The van der Waals surface area contributed by atoms with Gasteiger partial charge in [-0.3, -0.25) is 4.79 Å². The summed E-state index contributed by atoms with van der Waals surface area (Å²) in [6.45, 7) is 4.27. The number of hydrogen-bond acceptors (Lipinski definition) is 2. The van der Waals surface area contributed by atoms with Gasteiger partial charge in [-0.25, -0.2) is 0 Å². The fourth-order valence-electron chi connectivity index (χ4n) is 1.11. The topological polar surface area (TPSA) is 26.3 Å². The maximum absolute atomic E-state index is 10.4. The van der Waals surface area contributed by atoms with Gasteiger partial charge < -0.3 is 4.52 Å². The monoisotopic (exact) mass is 210 g/mol. The normalized spacial score (nSPS) is 10.2. The van der Waals surface area contributed by atoms with Gasteiger partial charge >= 0.3 is 0 Å². The van der Waals surface area contributed by atoms with Crippen molar-refractivity contribution in [3.8, 4) is 5.75 Å². The molecule has 0 atom stereocenters. The minimum absolute atomic E-state index is 0.335. The second-order valence-electron chi connectivity index (χ2n) is 2.89. The second-order valence-corrected chi connectivity index (χ2v) is 5.30. The third kappa shape index (κ3) is 3.12. The van der Waals surface area contributed by atoms with E-state index in [0.717, 1.165) is 24.4 Å². The molecule has 14 heavy (non-hydrogen) atoms. The summed E-state index contributed by atoms with van der Waals surface area (Å²) in [5.74, 6) is 0.866. The Balaban J connectivity index is 2.63. The van der Waals surface area contributed by atoms with E-state index in [2.05, 4.69) is 13.8 Å². The van der Waals surface area contributed by atoms with E-state index in [0.29, 0.717) is 5.56 Å². The number of carbonyl (C=O) groups excluding carboxylic acids is 1. The third-order valence-corrected chi connectivity index (χ3v) is 3.84. The minimum atomic E-state index is -0.335. The van der Waals surface area contributed by atoms with Crippen LogP contribution in [0.1, 0.15) is 24.2 Å². The van der Waals surface area contributed by atoms with E-state index >= 15 is 0 Å². The average molecular weight is 210 g/mol. The molecule has 0 heterocycles. The van der Waals surface area contributed by atoms with Crippen LogP contribution < -0.4 is 4.52 Å². The van der Waals surface area contributed by atoms with Crippen LogP contribution in [-0.4, -0.2) is 18.6 Å². The highest BCUT2D eigenvalue weighted by molar-refractivity contribution is 7.52. The van der Waals surface area contributed by atoms with Crippen molar-refractivity contribution in [1.29, 1.82) is 0 Å². The summed E-state index contributed by atoms with van der Waals surface area (Å²) in [6, 6.07) is 7.26. The lowest BCUT2D eigenvalue weighted by Crippen LogP contribution is -1.92. The van der Waals surface area contributed by atoms with Crippen molar-refractivity contribution >= 4 is 14.4 Å². The molecule has 0 aliphatic carbocycles. The molecule has 0 unspecified atom stereocenters.